The fraction of sp³-hybridized carbons (Fsp3) is 0.200. The molecule has 2 aromatic rings. The number of nitrogens with zero attached hydrogens (tertiary/aromatic N) is 1. The van der Waals surface area contributed by atoms with Crippen LogP contribution >= 0.6 is 11.3 Å². The van der Waals surface area contributed by atoms with Crippen LogP contribution in [0.4, 0.5) is 18.9 Å². The number of carbonyl (C=O) groups excluding carboxylic acids is 2. The fourth-order valence-corrected chi connectivity index (χ4v) is 2.59. The molecule has 0 aliphatic heterocycles. The third-order valence-electron chi connectivity index (χ3n) is 3.05. The van der Waals surface area contributed by atoms with Crippen molar-refractivity contribution in [3.05, 3.63) is 52.0 Å². The number of anilines is 1. The molecule has 0 bridgehead atoms. The molecular weight excluding hydrogens is 329 g/mol. The van der Waals surface area contributed by atoms with Gasteiger partial charge in [0.25, 0.3) is 5.91 Å². The summed E-state index contributed by atoms with van der Waals surface area (Å²) in [6.07, 6.45) is 0. The Kier molecular flexibility index (Phi) is 5.38. The van der Waals surface area contributed by atoms with Gasteiger partial charge < -0.3 is 10.2 Å². The topological polar surface area (TPSA) is 49.4 Å². The maximum absolute atomic E-state index is 13.8. The Balaban J connectivity index is 2.07. The molecule has 0 aliphatic carbocycles. The van der Waals surface area contributed by atoms with Gasteiger partial charge in [-0.1, -0.05) is 6.07 Å². The minimum absolute atomic E-state index is 0.0365. The number of hydrogen-bond donors (Lipinski definition) is 1. The van der Waals surface area contributed by atoms with Crippen molar-refractivity contribution in [3.8, 4) is 0 Å². The van der Waals surface area contributed by atoms with Crippen LogP contribution < -0.4 is 10.2 Å². The summed E-state index contributed by atoms with van der Waals surface area (Å²) >= 11 is 1.25. The molecular formula is C15H13F3N2O2S. The van der Waals surface area contributed by atoms with Crippen LogP contribution in [0.25, 0.3) is 0 Å². The summed E-state index contributed by atoms with van der Waals surface area (Å²) in [5, 5.41) is 4.32. The quantitative estimate of drug-likeness (QED) is 0.850. The zero-order chi connectivity index (χ0) is 17.0. The molecule has 1 aromatic heterocycles. The first-order chi connectivity index (χ1) is 10.9. The summed E-state index contributed by atoms with van der Waals surface area (Å²) in [4.78, 5) is 24.8. The molecule has 122 valence electrons. The monoisotopic (exact) mass is 342 g/mol. The maximum Gasteiger partial charge on any atom is 0.261 e. The predicted molar refractivity (Wildman–Crippen MR) is 81.0 cm³/mol. The van der Waals surface area contributed by atoms with E-state index in [0.717, 1.165) is 17.0 Å². The lowest BCUT2D eigenvalue weighted by atomic mass is 10.2. The lowest BCUT2D eigenvalue weighted by Crippen LogP contribution is -2.38. The van der Waals surface area contributed by atoms with Gasteiger partial charge in [-0.15, -0.1) is 11.3 Å². The van der Waals surface area contributed by atoms with Crippen molar-refractivity contribution in [3.63, 3.8) is 0 Å². The van der Waals surface area contributed by atoms with Crippen LogP contribution in [0.1, 0.15) is 16.6 Å². The average Bonchev–Trinajstić information content (AvgIpc) is 3.04. The van der Waals surface area contributed by atoms with Gasteiger partial charge in [0.2, 0.25) is 5.91 Å². The molecule has 0 aliphatic rings. The SMILES string of the molecule is CC(=O)N(CCNC(=O)c1cccs1)c1ccc(F)c(F)c1F. The molecule has 1 N–H and O–H groups in total. The standard InChI is InChI=1S/C15H13F3N2O2S/c1-9(21)20(11-5-4-10(16)13(17)14(11)18)7-6-19-15(22)12-3-2-8-23-12/h2-5,8H,6-7H2,1H3,(H,19,22). The molecule has 0 saturated carbocycles. The van der Waals surface area contributed by atoms with Crippen molar-refractivity contribution in [1.82, 2.24) is 5.32 Å². The molecule has 1 aromatic carbocycles. The van der Waals surface area contributed by atoms with Gasteiger partial charge in [-0.3, -0.25) is 9.59 Å². The fourth-order valence-electron chi connectivity index (χ4n) is 1.95. The van der Waals surface area contributed by atoms with Gasteiger partial charge in [0.1, 0.15) is 0 Å². The summed E-state index contributed by atoms with van der Waals surface area (Å²) in [6.45, 7) is 1.13. The minimum Gasteiger partial charge on any atom is -0.350 e. The number of nitrogens with one attached hydrogen (secondary N) is 1. The van der Waals surface area contributed by atoms with Crippen LogP contribution in [0.15, 0.2) is 29.6 Å². The van der Waals surface area contributed by atoms with Crippen molar-refractivity contribution < 1.29 is 22.8 Å². The van der Waals surface area contributed by atoms with E-state index in [-0.39, 0.29) is 24.7 Å². The average molecular weight is 342 g/mol. The predicted octanol–water partition coefficient (Wildman–Crippen LogP) is 2.95. The van der Waals surface area contributed by atoms with E-state index < -0.39 is 23.4 Å². The van der Waals surface area contributed by atoms with Crippen LogP contribution in [-0.2, 0) is 4.79 Å². The second-order valence-electron chi connectivity index (χ2n) is 4.60. The van der Waals surface area contributed by atoms with E-state index in [4.69, 9.17) is 0 Å². The highest BCUT2D eigenvalue weighted by Crippen LogP contribution is 2.23. The highest BCUT2D eigenvalue weighted by Gasteiger charge is 2.21. The van der Waals surface area contributed by atoms with Crippen LogP contribution in [0, 0.1) is 17.5 Å². The number of carbonyl (C=O) groups is 2. The third-order valence-corrected chi connectivity index (χ3v) is 3.92. The van der Waals surface area contributed by atoms with Crippen LogP contribution in [0.5, 0.6) is 0 Å². The Hall–Kier alpha value is -2.35. The largest absolute Gasteiger partial charge is 0.350 e. The summed E-state index contributed by atoms with van der Waals surface area (Å²) in [6, 6.07) is 5.08. The Morgan fingerprint density at radius 1 is 1.17 bits per heavy atom. The Bertz CT molecular complexity index is 720. The Morgan fingerprint density at radius 2 is 1.91 bits per heavy atom. The van der Waals surface area contributed by atoms with Gasteiger partial charge in [0.05, 0.1) is 10.6 Å². The number of hydrogen-bond acceptors (Lipinski definition) is 3. The lowest BCUT2D eigenvalue weighted by molar-refractivity contribution is -0.116. The summed E-state index contributed by atoms with van der Waals surface area (Å²) in [5.41, 5.74) is -0.373. The molecule has 8 heteroatoms. The molecule has 1 heterocycles. The van der Waals surface area contributed by atoms with Gasteiger partial charge in [-0.2, -0.15) is 0 Å². The molecule has 0 atom stereocenters. The van der Waals surface area contributed by atoms with Gasteiger partial charge >= 0.3 is 0 Å². The smallest absolute Gasteiger partial charge is 0.261 e. The number of thiophene rings is 1. The lowest BCUT2D eigenvalue weighted by Gasteiger charge is -2.22. The molecule has 0 fully saturated rings. The maximum atomic E-state index is 13.8. The first-order valence-electron chi connectivity index (χ1n) is 6.65. The number of halogens is 3. The van der Waals surface area contributed by atoms with E-state index in [1.165, 1.54) is 18.3 Å². The Morgan fingerprint density at radius 3 is 2.52 bits per heavy atom. The number of benzene rings is 1. The second-order valence-corrected chi connectivity index (χ2v) is 5.55. The first-order valence-corrected chi connectivity index (χ1v) is 7.53. The molecule has 23 heavy (non-hydrogen) atoms. The van der Waals surface area contributed by atoms with Crippen LogP contribution in [-0.4, -0.2) is 24.9 Å². The highest BCUT2D eigenvalue weighted by atomic mass is 32.1. The minimum atomic E-state index is -1.64. The van der Waals surface area contributed by atoms with E-state index in [0.29, 0.717) is 4.88 Å². The van der Waals surface area contributed by atoms with Crippen molar-refractivity contribution in [2.24, 2.45) is 0 Å². The van der Waals surface area contributed by atoms with E-state index >= 15 is 0 Å². The summed E-state index contributed by atoms with van der Waals surface area (Å²) in [5.74, 6) is -5.29. The molecule has 0 saturated heterocycles. The van der Waals surface area contributed by atoms with Gasteiger partial charge in [0, 0.05) is 20.0 Å². The van der Waals surface area contributed by atoms with Crippen molar-refractivity contribution >= 4 is 28.8 Å². The van der Waals surface area contributed by atoms with E-state index in [9.17, 15) is 22.8 Å². The number of rotatable bonds is 5. The Labute approximate surface area is 134 Å². The molecule has 0 spiro atoms. The van der Waals surface area contributed by atoms with Crippen molar-refractivity contribution in [2.75, 3.05) is 18.0 Å². The number of amides is 2. The zero-order valence-electron chi connectivity index (χ0n) is 12.1. The zero-order valence-corrected chi connectivity index (χ0v) is 12.9. The van der Waals surface area contributed by atoms with Crippen molar-refractivity contribution in [2.45, 2.75) is 6.92 Å². The molecule has 0 unspecified atom stereocenters. The first kappa shape index (κ1) is 17.0. The van der Waals surface area contributed by atoms with Gasteiger partial charge in [-0.05, 0) is 23.6 Å². The normalized spacial score (nSPS) is 10.4. The van der Waals surface area contributed by atoms with Crippen LogP contribution in [0.2, 0.25) is 0 Å². The molecule has 2 rings (SSSR count). The highest BCUT2D eigenvalue weighted by molar-refractivity contribution is 7.12. The van der Waals surface area contributed by atoms with Gasteiger partial charge in [0.15, 0.2) is 17.5 Å². The second kappa shape index (κ2) is 7.28. The van der Waals surface area contributed by atoms with Crippen LogP contribution in [0.3, 0.4) is 0 Å². The summed E-state index contributed by atoms with van der Waals surface area (Å²) < 4.78 is 40.0. The van der Waals surface area contributed by atoms with E-state index in [1.54, 1.807) is 17.5 Å². The van der Waals surface area contributed by atoms with E-state index in [2.05, 4.69) is 5.32 Å². The molecule has 2 amide bonds. The third kappa shape index (κ3) is 3.89. The summed E-state index contributed by atoms with van der Waals surface area (Å²) in [7, 11) is 0. The van der Waals surface area contributed by atoms with Gasteiger partial charge in [-0.25, -0.2) is 13.2 Å². The molecule has 0 radical (unpaired) electrons. The molecule has 4 nitrogen and oxygen atoms in total. The van der Waals surface area contributed by atoms with E-state index in [1.807, 2.05) is 0 Å². The van der Waals surface area contributed by atoms with Crippen molar-refractivity contribution in [1.29, 1.82) is 0 Å².